The molecule has 1 fully saturated rings. The van der Waals surface area contributed by atoms with Crippen molar-refractivity contribution in [1.82, 2.24) is 0 Å². The van der Waals surface area contributed by atoms with Gasteiger partial charge in [0, 0.05) is 6.61 Å². The van der Waals surface area contributed by atoms with Gasteiger partial charge in [-0.25, -0.2) is 0 Å². The van der Waals surface area contributed by atoms with Crippen LogP contribution >= 0.6 is 0 Å². The van der Waals surface area contributed by atoms with Crippen LogP contribution in [-0.4, -0.2) is 12.7 Å². The number of unbranched alkanes of at least 4 members (excludes halogenated alkanes) is 1. The molecule has 1 heteroatoms. The summed E-state index contributed by atoms with van der Waals surface area (Å²) < 4.78 is 5.57. The van der Waals surface area contributed by atoms with E-state index < -0.39 is 0 Å². The Labute approximate surface area is 63.8 Å². The van der Waals surface area contributed by atoms with Crippen molar-refractivity contribution in [3.05, 3.63) is 0 Å². The van der Waals surface area contributed by atoms with Gasteiger partial charge in [-0.05, 0) is 18.8 Å². The van der Waals surface area contributed by atoms with Crippen LogP contribution in [0.4, 0.5) is 0 Å². The third-order valence-electron chi connectivity index (χ3n) is 2.16. The Morgan fingerprint density at radius 3 is 2.80 bits per heavy atom. The summed E-state index contributed by atoms with van der Waals surface area (Å²) in [5.74, 6) is 0.807. The molecule has 0 radical (unpaired) electrons. The highest BCUT2D eigenvalue weighted by atomic mass is 16.5. The fourth-order valence-electron chi connectivity index (χ4n) is 1.52. The van der Waals surface area contributed by atoms with E-state index in [9.17, 15) is 0 Å². The van der Waals surface area contributed by atoms with Gasteiger partial charge in [0.25, 0.3) is 0 Å². The predicted molar refractivity (Wildman–Crippen MR) is 43.0 cm³/mol. The SMILES string of the molecule is CCCCC1CC(C)CO1. The van der Waals surface area contributed by atoms with Gasteiger partial charge in [0.2, 0.25) is 0 Å². The lowest BCUT2D eigenvalue weighted by Crippen LogP contribution is -2.03. The molecule has 0 bridgehead atoms. The molecule has 1 aliphatic rings. The summed E-state index contributed by atoms with van der Waals surface area (Å²) in [6.07, 6.45) is 5.79. The van der Waals surface area contributed by atoms with Gasteiger partial charge in [-0.3, -0.25) is 0 Å². The third kappa shape index (κ3) is 2.30. The van der Waals surface area contributed by atoms with Gasteiger partial charge in [-0.15, -0.1) is 0 Å². The molecular formula is C9H18O. The molecule has 0 N–H and O–H groups in total. The van der Waals surface area contributed by atoms with E-state index in [2.05, 4.69) is 13.8 Å². The molecule has 1 rings (SSSR count). The van der Waals surface area contributed by atoms with E-state index in [1.807, 2.05) is 0 Å². The van der Waals surface area contributed by atoms with Crippen molar-refractivity contribution in [3.8, 4) is 0 Å². The number of hydrogen-bond acceptors (Lipinski definition) is 1. The van der Waals surface area contributed by atoms with E-state index >= 15 is 0 Å². The lowest BCUT2D eigenvalue weighted by Gasteiger charge is -2.06. The van der Waals surface area contributed by atoms with Gasteiger partial charge in [-0.1, -0.05) is 26.7 Å². The minimum atomic E-state index is 0.593. The van der Waals surface area contributed by atoms with Crippen LogP contribution in [0.5, 0.6) is 0 Å². The third-order valence-corrected chi connectivity index (χ3v) is 2.16. The monoisotopic (exact) mass is 142 g/mol. The quantitative estimate of drug-likeness (QED) is 0.588. The van der Waals surface area contributed by atoms with Crippen LogP contribution < -0.4 is 0 Å². The first-order valence-electron chi connectivity index (χ1n) is 4.44. The zero-order valence-corrected chi connectivity index (χ0v) is 7.10. The Bertz CT molecular complexity index is 90.7. The minimum absolute atomic E-state index is 0.593. The van der Waals surface area contributed by atoms with Gasteiger partial charge in [0.1, 0.15) is 0 Å². The molecule has 1 heterocycles. The highest BCUT2D eigenvalue weighted by molar-refractivity contribution is 4.69. The molecule has 0 amide bonds. The predicted octanol–water partition coefficient (Wildman–Crippen LogP) is 2.60. The second-order valence-corrected chi connectivity index (χ2v) is 3.44. The second-order valence-electron chi connectivity index (χ2n) is 3.44. The van der Waals surface area contributed by atoms with Crippen molar-refractivity contribution in [2.75, 3.05) is 6.61 Å². The summed E-state index contributed by atoms with van der Waals surface area (Å²) in [5, 5.41) is 0. The molecule has 10 heavy (non-hydrogen) atoms. The second kappa shape index (κ2) is 3.97. The molecule has 0 saturated carbocycles. The maximum absolute atomic E-state index is 5.57. The van der Waals surface area contributed by atoms with Crippen molar-refractivity contribution >= 4 is 0 Å². The molecule has 2 unspecified atom stereocenters. The highest BCUT2D eigenvalue weighted by Crippen LogP contribution is 2.22. The molecule has 1 nitrogen and oxygen atoms in total. The first-order chi connectivity index (χ1) is 4.83. The van der Waals surface area contributed by atoms with E-state index in [1.54, 1.807) is 0 Å². The molecule has 0 aromatic rings. The molecule has 2 atom stereocenters. The summed E-state index contributed by atoms with van der Waals surface area (Å²) in [6.45, 7) is 5.50. The van der Waals surface area contributed by atoms with Crippen molar-refractivity contribution < 1.29 is 4.74 Å². The smallest absolute Gasteiger partial charge is 0.0578 e. The molecule has 60 valence electrons. The first-order valence-corrected chi connectivity index (χ1v) is 4.44. The van der Waals surface area contributed by atoms with Crippen molar-refractivity contribution in [3.63, 3.8) is 0 Å². The average molecular weight is 142 g/mol. The highest BCUT2D eigenvalue weighted by Gasteiger charge is 2.20. The van der Waals surface area contributed by atoms with Crippen LogP contribution in [0.1, 0.15) is 39.5 Å². The lowest BCUT2D eigenvalue weighted by molar-refractivity contribution is 0.0990. The van der Waals surface area contributed by atoms with Crippen molar-refractivity contribution in [2.24, 2.45) is 5.92 Å². The number of ether oxygens (including phenoxy) is 1. The van der Waals surface area contributed by atoms with Gasteiger partial charge in [0.05, 0.1) is 6.10 Å². The summed E-state index contributed by atoms with van der Waals surface area (Å²) in [4.78, 5) is 0. The van der Waals surface area contributed by atoms with Crippen LogP contribution in [-0.2, 0) is 4.74 Å². The van der Waals surface area contributed by atoms with E-state index in [4.69, 9.17) is 4.74 Å². The summed E-state index contributed by atoms with van der Waals surface area (Å²) in [7, 11) is 0. The van der Waals surface area contributed by atoms with E-state index in [0.717, 1.165) is 12.5 Å². The molecule has 0 aliphatic carbocycles. The normalized spacial score (nSPS) is 33.0. The van der Waals surface area contributed by atoms with Crippen LogP contribution in [0.25, 0.3) is 0 Å². The molecular weight excluding hydrogens is 124 g/mol. The van der Waals surface area contributed by atoms with Crippen molar-refractivity contribution in [2.45, 2.75) is 45.6 Å². The largest absolute Gasteiger partial charge is 0.378 e. The van der Waals surface area contributed by atoms with Crippen molar-refractivity contribution in [1.29, 1.82) is 0 Å². The van der Waals surface area contributed by atoms with Crippen LogP contribution in [0, 0.1) is 5.92 Å². The van der Waals surface area contributed by atoms with Gasteiger partial charge in [-0.2, -0.15) is 0 Å². The first kappa shape index (κ1) is 8.06. The number of rotatable bonds is 3. The Kier molecular flexibility index (Phi) is 3.20. The average Bonchev–Trinajstić information content (AvgIpc) is 2.31. The van der Waals surface area contributed by atoms with Gasteiger partial charge < -0.3 is 4.74 Å². The molecule has 0 aromatic heterocycles. The maximum Gasteiger partial charge on any atom is 0.0578 e. The van der Waals surface area contributed by atoms with Gasteiger partial charge in [0.15, 0.2) is 0 Å². The fourth-order valence-corrected chi connectivity index (χ4v) is 1.52. The molecule has 1 saturated heterocycles. The topological polar surface area (TPSA) is 9.23 Å². The van der Waals surface area contributed by atoms with Crippen LogP contribution in [0.3, 0.4) is 0 Å². The van der Waals surface area contributed by atoms with E-state index in [0.29, 0.717) is 6.10 Å². The Morgan fingerprint density at radius 1 is 1.50 bits per heavy atom. The zero-order valence-electron chi connectivity index (χ0n) is 7.10. The molecule has 0 aromatic carbocycles. The lowest BCUT2D eigenvalue weighted by atomic mass is 10.0. The molecule has 0 spiro atoms. The summed E-state index contributed by atoms with van der Waals surface area (Å²) in [5.41, 5.74) is 0. The minimum Gasteiger partial charge on any atom is -0.378 e. The maximum atomic E-state index is 5.57. The van der Waals surface area contributed by atoms with E-state index in [1.165, 1.54) is 25.7 Å². The molecule has 1 aliphatic heterocycles. The van der Waals surface area contributed by atoms with Crippen LogP contribution in [0.15, 0.2) is 0 Å². The number of hydrogen-bond donors (Lipinski definition) is 0. The fraction of sp³-hybridized carbons (Fsp3) is 1.00. The zero-order chi connectivity index (χ0) is 7.40. The standard InChI is InChI=1S/C9H18O/c1-3-4-5-9-6-8(2)7-10-9/h8-9H,3-7H2,1-2H3. The summed E-state index contributed by atoms with van der Waals surface area (Å²) >= 11 is 0. The van der Waals surface area contributed by atoms with Gasteiger partial charge >= 0.3 is 0 Å². The Morgan fingerprint density at radius 2 is 2.30 bits per heavy atom. The van der Waals surface area contributed by atoms with E-state index in [-0.39, 0.29) is 0 Å². The summed E-state index contributed by atoms with van der Waals surface area (Å²) in [6, 6.07) is 0. The van der Waals surface area contributed by atoms with Crippen LogP contribution in [0.2, 0.25) is 0 Å². The Balaban J connectivity index is 2.06. The Hall–Kier alpha value is -0.0400.